The number of carbonyl (C=O) groups excluding carboxylic acids is 1. The molecule has 1 aliphatic heterocycles. The normalized spacial score (nSPS) is 15.5. The third kappa shape index (κ3) is 2.34. The lowest BCUT2D eigenvalue weighted by molar-refractivity contribution is 0.0740. The molecule has 1 amide bonds. The molecule has 1 fully saturated rings. The molecule has 1 aliphatic rings. The van der Waals surface area contributed by atoms with Gasteiger partial charge in [-0.1, -0.05) is 0 Å². The van der Waals surface area contributed by atoms with E-state index in [2.05, 4.69) is 10.3 Å². The van der Waals surface area contributed by atoms with Crippen LogP contribution in [0.1, 0.15) is 28.0 Å². The largest absolute Gasteiger partial charge is 0.335 e. The van der Waals surface area contributed by atoms with Crippen LogP contribution in [0.25, 0.3) is 10.2 Å². The predicted molar refractivity (Wildman–Crippen MR) is 87.8 cm³/mol. The van der Waals surface area contributed by atoms with Gasteiger partial charge in [-0.3, -0.25) is 14.2 Å². The SMILES string of the molecule is CCn1c(C)nc2sc(C(=O)N3CCNCC3)c(C)c2c1=O. The van der Waals surface area contributed by atoms with E-state index in [1.807, 2.05) is 25.7 Å². The molecule has 22 heavy (non-hydrogen) atoms. The molecule has 6 nitrogen and oxygen atoms in total. The first-order valence-electron chi connectivity index (χ1n) is 7.55. The summed E-state index contributed by atoms with van der Waals surface area (Å²) >= 11 is 1.34. The second-order valence-electron chi connectivity index (χ2n) is 5.49. The summed E-state index contributed by atoms with van der Waals surface area (Å²) in [5.74, 6) is 0.713. The molecular formula is C15H20N4O2S. The molecule has 2 aromatic heterocycles. The van der Waals surface area contributed by atoms with Gasteiger partial charge >= 0.3 is 0 Å². The number of aryl methyl sites for hydroxylation is 2. The van der Waals surface area contributed by atoms with E-state index < -0.39 is 0 Å². The molecule has 0 saturated carbocycles. The predicted octanol–water partition coefficient (Wildman–Crippen LogP) is 1.14. The van der Waals surface area contributed by atoms with Crippen LogP contribution in [-0.2, 0) is 6.54 Å². The minimum Gasteiger partial charge on any atom is -0.335 e. The van der Waals surface area contributed by atoms with Crippen LogP contribution in [-0.4, -0.2) is 46.5 Å². The first kappa shape index (κ1) is 15.2. The first-order valence-corrected chi connectivity index (χ1v) is 8.36. The summed E-state index contributed by atoms with van der Waals surface area (Å²) in [6.07, 6.45) is 0. The van der Waals surface area contributed by atoms with E-state index in [4.69, 9.17) is 0 Å². The van der Waals surface area contributed by atoms with Gasteiger partial charge in [-0.05, 0) is 26.3 Å². The second-order valence-corrected chi connectivity index (χ2v) is 6.49. The average Bonchev–Trinajstić information content (AvgIpc) is 2.84. The summed E-state index contributed by atoms with van der Waals surface area (Å²) in [4.78, 5) is 33.0. The van der Waals surface area contributed by atoms with Crippen LogP contribution in [0, 0.1) is 13.8 Å². The highest BCUT2D eigenvalue weighted by atomic mass is 32.1. The summed E-state index contributed by atoms with van der Waals surface area (Å²) in [5, 5.41) is 3.83. The third-order valence-electron chi connectivity index (χ3n) is 4.16. The zero-order chi connectivity index (χ0) is 15.9. The standard InChI is InChI=1S/C15H20N4O2S/c1-4-19-10(3)17-13-11(14(19)20)9(2)12(22-13)15(21)18-7-5-16-6-8-18/h16H,4-8H2,1-3H3. The highest BCUT2D eigenvalue weighted by Crippen LogP contribution is 2.28. The van der Waals surface area contributed by atoms with Gasteiger partial charge in [0.25, 0.3) is 11.5 Å². The lowest BCUT2D eigenvalue weighted by Gasteiger charge is -2.27. The smallest absolute Gasteiger partial charge is 0.264 e. The Bertz CT molecular complexity index is 787. The van der Waals surface area contributed by atoms with Crippen molar-refractivity contribution in [2.75, 3.05) is 26.2 Å². The number of fused-ring (bicyclic) bond motifs is 1. The van der Waals surface area contributed by atoms with Crippen molar-refractivity contribution in [3.05, 3.63) is 26.6 Å². The van der Waals surface area contributed by atoms with Gasteiger partial charge in [-0.25, -0.2) is 4.98 Å². The molecule has 2 aromatic rings. The fourth-order valence-electron chi connectivity index (χ4n) is 2.91. The van der Waals surface area contributed by atoms with E-state index in [0.717, 1.165) is 18.7 Å². The summed E-state index contributed by atoms with van der Waals surface area (Å²) in [6, 6.07) is 0. The number of aromatic nitrogens is 2. The quantitative estimate of drug-likeness (QED) is 0.901. The number of hydrogen-bond donors (Lipinski definition) is 1. The Morgan fingerprint density at radius 1 is 1.32 bits per heavy atom. The van der Waals surface area contributed by atoms with Crippen LogP contribution in [0.4, 0.5) is 0 Å². The summed E-state index contributed by atoms with van der Waals surface area (Å²) < 4.78 is 1.65. The average molecular weight is 320 g/mol. The van der Waals surface area contributed by atoms with Gasteiger partial charge in [-0.2, -0.15) is 0 Å². The molecule has 0 aliphatic carbocycles. The molecule has 7 heteroatoms. The molecule has 1 saturated heterocycles. The van der Waals surface area contributed by atoms with Crippen molar-refractivity contribution in [2.45, 2.75) is 27.3 Å². The molecule has 0 spiro atoms. The van der Waals surface area contributed by atoms with Crippen LogP contribution in [0.3, 0.4) is 0 Å². The van der Waals surface area contributed by atoms with Crippen LogP contribution in [0.2, 0.25) is 0 Å². The molecule has 0 atom stereocenters. The fraction of sp³-hybridized carbons (Fsp3) is 0.533. The monoisotopic (exact) mass is 320 g/mol. The number of hydrogen-bond acceptors (Lipinski definition) is 5. The maximum atomic E-state index is 12.7. The van der Waals surface area contributed by atoms with Crippen LogP contribution < -0.4 is 10.9 Å². The van der Waals surface area contributed by atoms with Gasteiger partial charge in [0.2, 0.25) is 0 Å². The maximum absolute atomic E-state index is 12.7. The van der Waals surface area contributed by atoms with Crippen molar-refractivity contribution in [3.63, 3.8) is 0 Å². The van der Waals surface area contributed by atoms with E-state index in [-0.39, 0.29) is 11.5 Å². The molecule has 0 bridgehead atoms. The molecule has 0 radical (unpaired) electrons. The minimum atomic E-state index is -0.0434. The summed E-state index contributed by atoms with van der Waals surface area (Å²) in [5.41, 5.74) is 0.723. The van der Waals surface area contributed by atoms with Crippen LogP contribution in [0.15, 0.2) is 4.79 Å². The van der Waals surface area contributed by atoms with Crippen molar-refractivity contribution >= 4 is 27.5 Å². The Morgan fingerprint density at radius 2 is 2.00 bits per heavy atom. The zero-order valence-electron chi connectivity index (χ0n) is 13.1. The van der Waals surface area contributed by atoms with Gasteiger partial charge in [0.15, 0.2) is 0 Å². The summed E-state index contributed by atoms with van der Waals surface area (Å²) in [7, 11) is 0. The fourth-order valence-corrected chi connectivity index (χ4v) is 4.09. The van der Waals surface area contributed by atoms with Gasteiger partial charge < -0.3 is 10.2 Å². The third-order valence-corrected chi connectivity index (χ3v) is 5.33. The van der Waals surface area contributed by atoms with Gasteiger partial charge in [0.05, 0.1) is 10.3 Å². The Balaban J connectivity index is 2.12. The number of rotatable bonds is 2. The lowest BCUT2D eigenvalue weighted by Crippen LogP contribution is -2.46. The van der Waals surface area contributed by atoms with Crippen LogP contribution >= 0.6 is 11.3 Å². The van der Waals surface area contributed by atoms with E-state index in [1.165, 1.54) is 11.3 Å². The van der Waals surface area contributed by atoms with Crippen molar-refractivity contribution in [1.82, 2.24) is 19.8 Å². The summed E-state index contributed by atoms with van der Waals surface area (Å²) in [6.45, 7) is 9.24. The molecule has 1 N–H and O–H groups in total. The molecule has 118 valence electrons. The topological polar surface area (TPSA) is 67.2 Å². The van der Waals surface area contributed by atoms with Crippen LogP contribution in [0.5, 0.6) is 0 Å². The highest BCUT2D eigenvalue weighted by Gasteiger charge is 2.25. The number of carbonyl (C=O) groups is 1. The molecule has 0 unspecified atom stereocenters. The number of piperazine rings is 1. The van der Waals surface area contributed by atoms with Crippen molar-refractivity contribution in [2.24, 2.45) is 0 Å². The lowest BCUT2D eigenvalue weighted by atomic mass is 10.2. The minimum absolute atomic E-state index is 0.0158. The maximum Gasteiger partial charge on any atom is 0.264 e. The molecule has 0 aromatic carbocycles. The van der Waals surface area contributed by atoms with E-state index >= 15 is 0 Å². The second kappa shape index (κ2) is 5.81. The van der Waals surface area contributed by atoms with Gasteiger partial charge in [0, 0.05) is 32.7 Å². The Hall–Kier alpha value is -1.73. The number of thiophene rings is 1. The molecule has 3 heterocycles. The number of amides is 1. The Labute approximate surface area is 132 Å². The first-order chi connectivity index (χ1) is 10.5. The van der Waals surface area contributed by atoms with Crippen molar-refractivity contribution in [1.29, 1.82) is 0 Å². The molecular weight excluding hydrogens is 300 g/mol. The Morgan fingerprint density at radius 3 is 2.64 bits per heavy atom. The van der Waals surface area contributed by atoms with E-state index in [1.54, 1.807) is 4.57 Å². The number of nitrogens with zero attached hydrogens (tertiary/aromatic N) is 3. The highest BCUT2D eigenvalue weighted by molar-refractivity contribution is 7.20. The Kier molecular flexibility index (Phi) is 4.01. The van der Waals surface area contributed by atoms with Gasteiger partial charge in [-0.15, -0.1) is 11.3 Å². The molecule has 3 rings (SSSR count). The number of nitrogens with one attached hydrogen (secondary N) is 1. The van der Waals surface area contributed by atoms with Crippen molar-refractivity contribution in [3.8, 4) is 0 Å². The zero-order valence-corrected chi connectivity index (χ0v) is 13.9. The van der Waals surface area contributed by atoms with Crippen molar-refractivity contribution < 1.29 is 4.79 Å². The van der Waals surface area contributed by atoms with E-state index in [0.29, 0.717) is 40.6 Å². The van der Waals surface area contributed by atoms with Gasteiger partial charge in [0.1, 0.15) is 10.7 Å². The van der Waals surface area contributed by atoms with E-state index in [9.17, 15) is 9.59 Å².